The van der Waals surface area contributed by atoms with Crippen LogP contribution in [0.2, 0.25) is 0 Å². The van der Waals surface area contributed by atoms with E-state index in [0.29, 0.717) is 24.7 Å². The number of nitrogens with two attached hydrogens (primary N) is 1. The predicted molar refractivity (Wildman–Crippen MR) is 156 cm³/mol. The highest BCUT2D eigenvalue weighted by molar-refractivity contribution is 7.89. The first-order chi connectivity index (χ1) is 19.4. The van der Waals surface area contributed by atoms with E-state index in [2.05, 4.69) is 36.7 Å². The van der Waals surface area contributed by atoms with Gasteiger partial charge in [0, 0.05) is 13.0 Å². The lowest BCUT2D eigenvalue weighted by Crippen LogP contribution is -2.65. The first-order valence-electron chi connectivity index (χ1n) is 14.6. The lowest BCUT2D eigenvalue weighted by atomic mass is 9.43. The molecule has 42 heavy (non-hydrogen) atoms. The van der Waals surface area contributed by atoms with Crippen LogP contribution in [0.3, 0.4) is 0 Å². The van der Waals surface area contributed by atoms with Crippen LogP contribution in [-0.2, 0) is 28.9 Å². The molecule has 7 N–H and O–H groups in total. The van der Waals surface area contributed by atoms with Crippen LogP contribution < -0.4 is 26.5 Å². The molecule has 17 heteroatoms. The number of hydrogen-bond acceptors (Lipinski definition) is 9. The van der Waals surface area contributed by atoms with Crippen LogP contribution in [0.25, 0.3) is 0 Å². The van der Waals surface area contributed by atoms with Gasteiger partial charge in [-0.2, -0.15) is 0 Å². The molecule has 6 atom stereocenters. The number of sulfonamides is 1. The SMILES string of the molecule is CC(C)C[C@H](NC(=O)[C@H](CCCNC(=N)N[N+](=O)[O-])NC(=O)CCCS(N)(=O)=O)B1O[C@@H]2C[C@@H]3C[C@@H](C3(C)C)[C@]2(C)O1. The maximum absolute atomic E-state index is 13.6. The fourth-order valence-corrected chi connectivity index (χ4v) is 7.27. The summed E-state index contributed by atoms with van der Waals surface area (Å²) >= 11 is 0. The van der Waals surface area contributed by atoms with Crippen molar-refractivity contribution < 1.29 is 32.3 Å². The molecule has 3 aliphatic carbocycles. The Bertz CT molecular complexity index is 1140. The molecular weight excluding hydrogens is 569 g/mol. The van der Waals surface area contributed by atoms with Crippen molar-refractivity contribution >= 4 is 34.9 Å². The molecule has 0 spiro atoms. The fourth-order valence-electron chi connectivity index (χ4n) is 6.72. The molecule has 0 aromatic heterocycles. The molecule has 1 saturated heterocycles. The minimum Gasteiger partial charge on any atom is -0.404 e. The van der Waals surface area contributed by atoms with Crippen LogP contribution >= 0.6 is 0 Å². The molecule has 2 bridgehead atoms. The van der Waals surface area contributed by atoms with E-state index in [1.807, 2.05) is 13.8 Å². The smallest absolute Gasteiger partial charge is 0.404 e. The van der Waals surface area contributed by atoms with Crippen LogP contribution in [0.15, 0.2) is 0 Å². The monoisotopic (exact) mass is 615 g/mol. The lowest BCUT2D eigenvalue weighted by molar-refractivity contribution is -0.525. The first-order valence-corrected chi connectivity index (χ1v) is 16.3. The highest BCUT2D eigenvalue weighted by Crippen LogP contribution is 2.65. The zero-order chi connectivity index (χ0) is 31.5. The normalized spacial score (nSPS) is 27.3. The zero-order valence-electron chi connectivity index (χ0n) is 25.1. The molecule has 4 fully saturated rings. The number of amides is 2. The molecule has 1 heterocycles. The Hall–Kier alpha value is -2.50. The van der Waals surface area contributed by atoms with Crippen molar-refractivity contribution in [3.8, 4) is 0 Å². The predicted octanol–water partition coefficient (Wildman–Crippen LogP) is 0.424. The summed E-state index contributed by atoms with van der Waals surface area (Å²) < 4.78 is 35.5. The van der Waals surface area contributed by atoms with Gasteiger partial charge in [-0.05, 0) is 68.6 Å². The van der Waals surface area contributed by atoms with Crippen molar-refractivity contribution in [2.75, 3.05) is 12.3 Å². The van der Waals surface area contributed by atoms with Gasteiger partial charge < -0.3 is 25.3 Å². The van der Waals surface area contributed by atoms with Crippen molar-refractivity contribution in [2.45, 2.75) is 103 Å². The number of hydrogen-bond donors (Lipinski definition) is 6. The third kappa shape index (κ3) is 8.54. The van der Waals surface area contributed by atoms with E-state index < -0.39 is 57.5 Å². The van der Waals surface area contributed by atoms with E-state index in [4.69, 9.17) is 19.9 Å². The highest BCUT2D eigenvalue weighted by atomic mass is 32.2. The van der Waals surface area contributed by atoms with Crippen molar-refractivity contribution in [3.63, 3.8) is 0 Å². The minimum atomic E-state index is -3.73. The second-order valence-electron chi connectivity index (χ2n) is 13.0. The molecule has 4 aliphatic rings. The fraction of sp³-hybridized carbons (Fsp3) is 0.880. The second-order valence-corrected chi connectivity index (χ2v) is 14.7. The summed E-state index contributed by atoms with van der Waals surface area (Å²) in [6.45, 7) is 10.9. The number of carbonyl (C=O) groups excluding carboxylic acids is 2. The molecule has 1 aliphatic heterocycles. The van der Waals surface area contributed by atoms with Gasteiger partial charge >= 0.3 is 7.12 Å². The van der Waals surface area contributed by atoms with Crippen molar-refractivity contribution in [3.05, 3.63) is 10.1 Å². The van der Waals surface area contributed by atoms with Gasteiger partial charge in [0.25, 0.3) is 5.96 Å². The van der Waals surface area contributed by atoms with Crippen molar-refractivity contribution in [2.24, 2.45) is 28.3 Å². The average molecular weight is 616 g/mol. The van der Waals surface area contributed by atoms with Gasteiger partial charge in [0.15, 0.2) is 5.03 Å². The van der Waals surface area contributed by atoms with Crippen LogP contribution in [-0.4, -0.2) is 74.3 Å². The van der Waals surface area contributed by atoms with E-state index in [1.165, 1.54) is 0 Å². The number of nitro groups is 1. The Balaban J connectivity index is 1.67. The van der Waals surface area contributed by atoms with Crippen molar-refractivity contribution in [1.82, 2.24) is 21.4 Å². The Kier molecular flexibility index (Phi) is 10.9. The van der Waals surface area contributed by atoms with E-state index in [-0.39, 0.29) is 49.0 Å². The van der Waals surface area contributed by atoms with Crippen molar-refractivity contribution in [1.29, 1.82) is 5.41 Å². The van der Waals surface area contributed by atoms with Crippen LogP contribution in [0.5, 0.6) is 0 Å². The standard InChI is InChI=1S/C25H46BN7O8S/c1-15(2)12-20(26-40-19-14-16-13-18(24(16,3)4)25(19,5)41-26)31-22(35)17(8-6-10-29-23(27)32-33(36)37)30-21(34)9-7-11-42(28,38)39/h15-20H,6-14H2,1-5H3,(H,30,34)(H,31,35)(H3,27,29,32)(H2,28,38,39)/t16-,17-,18-,19+,20-,25-/m0/s1. The first kappa shape index (κ1) is 34.0. The van der Waals surface area contributed by atoms with E-state index in [9.17, 15) is 28.1 Å². The van der Waals surface area contributed by atoms with E-state index in [1.54, 1.807) is 5.43 Å². The van der Waals surface area contributed by atoms with Gasteiger partial charge in [-0.1, -0.05) is 33.1 Å². The number of primary sulfonamides is 1. The van der Waals surface area contributed by atoms with Gasteiger partial charge in [-0.25, -0.2) is 23.7 Å². The van der Waals surface area contributed by atoms with Crippen LogP contribution in [0.1, 0.15) is 79.6 Å². The zero-order valence-corrected chi connectivity index (χ0v) is 25.9. The molecule has 0 radical (unpaired) electrons. The Morgan fingerprint density at radius 1 is 1.19 bits per heavy atom. The Morgan fingerprint density at radius 2 is 1.88 bits per heavy atom. The van der Waals surface area contributed by atoms with Gasteiger partial charge in [-0.3, -0.25) is 15.0 Å². The Labute approximate surface area is 248 Å². The number of hydrazine groups is 1. The van der Waals surface area contributed by atoms with Gasteiger partial charge in [0.2, 0.25) is 21.8 Å². The molecule has 238 valence electrons. The number of guanidine groups is 1. The topological polar surface area (TPSA) is 228 Å². The average Bonchev–Trinajstić information content (AvgIpc) is 3.21. The third-order valence-corrected chi connectivity index (χ3v) is 9.87. The summed E-state index contributed by atoms with van der Waals surface area (Å²) in [7, 11) is -4.38. The second kappa shape index (κ2) is 13.4. The summed E-state index contributed by atoms with van der Waals surface area (Å²) in [4.78, 5) is 36.7. The summed E-state index contributed by atoms with van der Waals surface area (Å²) in [5.74, 6) is -1.16. The van der Waals surface area contributed by atoms with E-state index in [0.717, 1.165) is 12.8 Å². The maximum Gasteiger partial charge on any atom is 0.481 e. The van der Waals surface area contributed by atoms with Gasteiger partial charge in [0.05, 0.1) is 23.4 Å². The number of nitrogens with zero attached hydrogens (tertiary/aromatic N) is 1. The molecule has 0 aromatic rings. The lowest BCUT2D eigenvalue weighted by Gasteiger charge is -2.64. The molecule has 0 unspecified atom stereocenters. The summed E-state index contributed by atoms with van der Waals surface area (Å²) in [5.41, 5.74) is 1.40. The van der Waals surface area contributed by atoms with Crippen LogP contribution in [0, 0.1) is 38.7 Å². The Morgan fingerprint density at radius 3 is 2.48 bits per heavy atom. The molecule has 3 saturated carbocycles. The minimum absolute atomic E-state index is 0.00247. The molecule has 0 aromatic carbocycles. The largest absolute Gasteiger partial charge is 0.481 e. The van der Waals surface area contributed by atoms with Gasteiger partial charge in [-0.15, -0.1) is 0 Å². The van der Waals surface area contributed by atoms with Crippen LogP contribution in [0.4, 0.5) is 0 Å². The third-order valence-electron chi connectivity index (χ3n) is 9.01. The quantitative estimate of drug-likeness (QED) is 0.0372. The van der Waals surface area contributed by atoms with Gasteiger partial charge in [0.1, 0.15) is 6.04 Å². The highest BCUT2D eigenvalue weighted by Gasteiger charge is 2.68. The van der Waals surface area contributed by atoms with E-state index >= 15 is 0 Å². The maximum atomic E-state index is 13.6. The summed E-state index contributed by atoms with van der Waals surface area (Å²) in [6.07, 6.45) is 2.83. The molecule has 4 rings (SSSR count). The number of carbonyl (C=O) groups is 2. The number of rotatable bonds is 15. The summed E-state index contributed by atoms with van der Waals surface area (Å²) in [5, 5.41) is 30.4. The number of nitrogens with one attached hydrogen (secondary N) is 5. The molecule has 15 nitrogen and oxygen atoms in total. The molecule has 2 amide bonds. The molecular formula is C25H46BN7O8S. The summed E-state index contributed by atoms with van der Waals surface area (Å²) in [6, 6.07) is -0.980.